The molecule has 1 heterocycles. The Labute approximate surface area is 193 Å². The zero-order valence-corrected chi connectivity index (χ0v) is 18.5. The average Bonchev–Trinajstić information content (AvgIpc) is 3.16. The third-order valence-corrected chi connectivity index (χ3v) is 5.18. The molecule has 0 unspecified atom stereocenters. The highest BCUT2D eigenvalue weighted by atomic mass is 35.5. The summed E-state index contributed by atoms with van der Waals surface area (Å²) >= 11 is 5.95. The van der Waals surface area contributed by atoms with Gasteiger partial charge in [0.15, 0.2) is 28.8 Å². The SMILES string of the molecule is COc1cc(C=C2N=C(c3cc(F)c(F)cc3Cl)OC2=O)ccc1OCc1ccc(C)cc1. The molecular weight excluding hydrogens is 452 g/mol. The van der Waals surface area contributed by atoms with Crippen LogP contribution in [0.25, 0.3) is 6.08 Å². The lowest BCUT2D eigenvalue weighted by Crippen LogP contribution is -2.07. The zero-order chi connectivity index (χ0) is 23.5. The van der Waals surface area contributed by atoms with Crippen LogP contribution in [0.15, 0.2) is 65.3 Å². The second kappa shape index (κ2) is 9.42. The Morgan fingerprint density at radius 3 is 2.48 bits per heavy atom. The number of halogens is 3. The second-order valence-electron chi connectivity index (χ2n) is 7.27. The minimum atomic E-state index is -1.13. The number of cyclic esters (lactones) is 1. The number of benzene rings is 3. The molecule has 3 aromatic rings. The van der Waals surface area contributed by atoms with Crippen LogP contribution in [0.5, 0.6) is 11.5 Å². The molecule has 0 N–H and O–H groups in total. The predicted molar refractivity (Wildman–Crippen MR) is 120 cm³/mol. The van der Waals surface area contributed by atoms with Gasteiger partial charge >= 0.3 is 5.97 Å². The summed E-state index contributed by atoms with van der Waals surface area (Å²) in [7, 11) is 1.51. The Hall–Kier alpha value is -3.71. The first kappa shape index (κ1) is 22.5. The summed E-state index contributed by atoms with van der Waals surface area (Å²) in [6, 6.07) is 14.7. The van der Waals surface area contributed by atoms with Gasteiger partial charge < -0.3 is 14.2 Å². The molecule has 33 heavy (non-hydrogen) atoms. The largest absolute Gasteiger partial charge is 0.493 e. The first-order valence-electron chi connectivity index (χ1n) is 9.88. The Kier molecular flexibility index (Phi) is 6.42. The van der Waals surface area contributed by atoms with Crippen LogP contribution in [0.4, 0.5) is 8.78 Å². The van der Waals surface area contributed by atoms with Gasteiger partial charge in [-0.05, 0) is 48.4 Å². The van der Waals surface area contributed by atoms with Crippen LogP contribution in [-0.2, 0) is 16.1 Å². The molecule has 0 spiro atoms. The lowest BCUT2D eigenvalue weighted by atomic mass is 10.1. The summed E-state index contributed by atoms with van der Waals surface area (Å²) in [5.41, 5.74) is 2.73. The van der Waals surface area contributed by atoms with Gasteiger partial charge in [0.25, 0.3) is 0 Å². The van der Waals surface area contributed by atoms with E-state index in [1.165, 1.54) is 13.2 Å². The number of aryl methyl sites for hydroxylation is 1. The molecule has 0 atom stereocenters. The van der Waals surface area contributed by atoms with Gasteiger partial charge in [-0.2, -0.15) is 0 Å². The molecule has 0 fully saturated rings. The van der Waals surface area contributed by atoms with Gasteiger partial charge in [0.05, 0.1) is 17.7 Å². The minimum Gasteiger partial charge on any atom is -0.493 e. The predicted octanol–water partition coefficient (Wildman–Crippen LogP) is 5.86. The quantitative estimate of drug-likeness (QED) is 0.258. The fraction of sp³-hybridized carbons (Fsp3) is 0.120. The third-order valence-electron chi connectivity index (χ3n) is 4.87. The van der Waals surface area contributed by atoms with Crippen molar-refractivity contribution < 1.29 is 27.8 Å². The fourth-order valence-corrected chi connectivity index (χ4v) is 3.34. The lowest BCUT2D eigenvalue weighted by Gasteiger charge is -2.11. The van der Waals surface area contributed by atoms with Crippen molar-refractivity contribution in [1.82, 2.24) is 0 Å². The summed E-state index contributed by atoms with van der Waals surface area (Å²) in [5.74, 6) is -2.19. The molecule has 0 saturated heterocycles. The van der Waals surface area contributed by atoms with Gasteiger partial charge in [-0.25, -0.2) is 18.6 Å². The van der Waals surface area contributed by atoms with Crippen LogP contribution >= 0.6 is 11.6 Å². The van der Waals surface area contributed by atoms with Crippen molar-refractivity contribution in [2.24, 2.45) is 4.99 Å². The number of esters is 1. The lowest BCUT2D eigenvalue weighted by molar-refractivity contribution is -0.129. The molecule has 0 amide bonds. The van der Waals surface area contributed by atoms with Crippen LogP contribution in [-0.4, -0.2) is 19.0 Å². The molecule has 5 nitrogen and oxygen atoms in total. The summed E-state index contributed by atoms with van der Waals surface area (Å²) < 4.78 is 43.3. The van der Waals surface area contributed by atoms with Crippen molar-refractivity contribution in [1.29, 1.82) is 0 Å². The molecule has 3 aromatic carbocycles. The van der Waals surface area contributed by atoms with Crippen LogP contribution in [0.1, 0.15) is 22.3 Å². The number of hydrogen-bond acceptors (Lipinski definition) is 5. The molecular formula is C25H18ClF2NO4. The smallest absolute Gasteiger partial charge is 0.363 e. The second-order valence-corrected chi connectivity index (χ2v) is 7.67. The topological polar surface area (TPSA) is 57.1 Å². The minimum absolute atomic E-state index is 0.0234. The first-order valence-corrected chi connectivity index (χ1v) is 10.3. The number of nitrogens with zero attached hydrogens (tertiary/aromatic N) is 1. The number of methoxy groups -OCH3 is 1. The van der Waals surface area contributed by atoms with E-state index in [2.05, 4.69) is 4.99 Å². The fourth-order valence-electron chi connectivity index (χ4n) is 3.11. The first-order chi connectivity index (χ1) is 15.8. The number of ether oxygens (including phenoxy) is 3. The number of carbonyl (C=O) groups excluding carboxylic acids is 1. The summed E-state index contributed by atoms with van der Waals surface area (Å²) in [6.07, 6.45) is 1.48. The third kappa shape index (κ3) is 5.04. The average molecular weight is 470 g/mol. The number of carbonyl (C=O) groups is 1. The van der Waals surface area contributed by atoms with Crippen LogP contribution in [0.2, 0.25) is 5.02 Å². The summed E-state index contributed by atoms with van der Waals surface area (Å²) in [6.45, 7) is 2.38. The Balaban J connectivity index is 1.56. The van der Waals surface area contributed by atoms with Crippen molar-refractivity contribution in [2.75, 3.05) is 7.11 Å². The van der Waals surface area contributed by atoms with E-state index in [0.29, 0.717) is 23.7 Å². The van der Waals surface area contributed by atoms with Gasteiger partial charge in [-0.15, -0.1) is 0 Å². The standard InChI is InChI=1S/C25H18ClF2NO4/c1-14-3-5-15(6-4-14)13-32-22-8-7-16(10-23(22)31-2)9-21-25(30)33-24(29-21)17-11-19(27)20(28)12-18(17)26/h3-12H,13H2,1-2H3. The molecule has 0 saturated carbocycles. The van der Waals surface area contributed by atoms with E-state index >= 15 is 0 Å². The molecule has 0 aliphatic carbocycles. The molecule has 1 aliphatic heterocycles. The maximum absolute atomic E-state index is 13.6. The maximum Gasteiger partial charge on any atom is 0.363 e. The highest BCUT2D eigenvalue weighted by Gasteiger charge is 2.27. The Morgan fingerprint density at radius 2 is 1.76 bits per heavy atom. The van der Waals surface area contributed by atoms with Gasteiger partial charge in [-0.3, -0.25) is 0 Å². The summed E-state index contributed by atoms with van der Waals surface area (Å²) in [5, 5.41) is -0.126. The molecule has 0 aromatic heterocycles. The van der Waals surface area contributed by atoms with Crippen molar-refractivity contribution >= 4 is 29.5 Å². The van der Waals surface area contributed by atoms with E-state index in [1.807, 2.05) is 31.2 Å². The number of hydrogen-bond donors (Lipinski definition) is 0. The van der Waals surface area contributed by atoms with E-state index in [4.69, 9.17) is 25.8 Å². The van der Waals surface area contributed by atoms with Gasteiger partial charge in [0, 0.05) is 0 Å². The van der Waals surface area contributed by atoms with E-state index in [-0.39, 0.29) is 22.2 Å². The van der Waals surface area contributed by atoms with Crippen molar-refractivity contribution in [2.45, 2.75) is 13.5 Å². The monoisotopic (exact) mass is 469 g/mol. The molecule has 0 radical (unpaired) electrons. The highest BCUT2D eigenvalue weighted by molar-refractivity contribution is 6.34. The van der Waals surface area contributed by atoms with Crippen LogP contribution in [0.3, 0.4) is 0 Å². The Morgan fingerprint density at radius 1 is 1.03 bits per heavy atom. The van der Waals surface area contributed by atoms with Crippen LogP contribution < -0.4 is 9.47 Å². The molecule has 4 rings (SSSR count). The van der Waals surface area contributed by atoms with E-state index in [1.54, 1.807) is 18.2 Å². The van der Waals surface area contributed by atoms with E-state index in [0.717, 1.165) is 23.3 Å². The van der Waals surface area contributed by atoms with E-state index in [9.17, 15) is 13.6 Å². The molecule has 168 valence electrons. The molecule has 0 bridgehead atoms. The molecule has 1 aliphatic rings. The normalized spacial score (nSPS) is 14.3. The van der Waals surface area contributed by atoms with Gasteiger partial charge in [0.2, 0.25) is 5.90 Å². The van der Waals surface area contributed by atoms with Crippen molar-refractivity contribution in [3.63, 3.8) is 0 Å². The maximum atomic E-state index is 13.6. The van der Waals surface area contributed by atoms with Crippen molar-refractivity contribution in [3.8, 4) is 11.5 Å². The zero-order valence-electron chi connectivity index (χ0n) is 17.7. The highest BCUT2D eigenvalue weighted by Crippen LogP contribution is 2.31. The molecule has 8 heteroatoms. The van der Waals surface area contributed by atoms with Crippen LogP contribution in [0, 0.1) is 18.6 Å². The number of aliphatic imine (C=N–C) groups is 1. The number of rotatable bonds is 6. The van der Waals surface area contributed by atoms with Gasteiger partial charge in [0.1, 0.15) is 6.61 Å². The Bertz CT molecular complexity index is 1290. The van der Waals surface area contributed by atoms with Gasteiger partial charge in [-0.1, -0.05) is 47.5 Å². The van der Waals surface area contributed by atoms with E-state index < -0.39 is 17.6 Å². The summed E-state index contributed by atoms with van der Waals surface area (Å²) in [4.78, 5) is 16.3. The van der Waals surface area contributed by atoms with Crippen molar-refractivity contribution in [3.05, 3.63) is 99.2 Å².